The third-order valence-electron chi connectivity index (χ3n) is 5.02. The highest BCUT2D eigenvalue weighted by Crippen LogP contribution is 2.24. The third kappa shape index (κ3) is 3.83. The molecule has 0 spiro atoms. The zero-order valence-electron chi connectivity index (χ0n) is 15.7. The molecule has 1 atom stereocenters. The van der Waals surface area contributed by atoms with E-state index < -0.39 is 0 Å². The summed E-state index contributed by atoms with van der Waals surface area (Å²) in [6.07, 6.45) is 4.42. The van der Waals surface area contributed by atoms with Crippen LogP contribution in [0.15, 0.2) is 48.7 Å². The van der Waals surface area contributed by atoms with Crippen molar-refractivity contribution < 1.29 is 14.3 Å². The van der Waals surface area contributed by atoms with Gasteiger partial charge in [-0.15, -0.1) is 0 Å². The molecule has 0 saturated carbocycles. The van der Waals surface area contributed by atoms with Crippen molar-refractivity contribution in [1.29, 1.82) is 0 Å². The first-order chi connectivity index (χ1) is 13.1. The van der Waals surface area contributed by atoms with E-state index >= 15 is 0 Å². The standard InChI is InChI=1S/C22H24N2O3/c1-15-13-24(2)21-10-7-17(12-20(15)21)23-22(25)16-5-8-18(9-6-16)27-14-19-4-3-11-26-19/h5-10,12-13,19H,3-4,11,14H2,1-2H3,(H,23,25)/t19-/m0/s1. The number of hydrogen-bond donors (Lipinski definition) is 1. The summed E-state index contributed by atoms with van der Waals surface area (Å²) in [5.41, 5.74) is 3.74. The normalized spacial score (nSPS) is 16.6. The van der Waals surface area contributed by atoms with E-state index in [0.29, 0.717) is 12.2 Å². The fourth-order valence-electron chi connectivity index (χ4n) is 3.54. The number of aryl methyl sites for hydroxylation is 2. The van der Waals surface area contributed by atoms with E-state index in [1.165, 1.54) is 5.56 Å². The first-order valence-electron chi connectivity index (χ1n) is 9.31. The van der Waals surface area contributed by atoms with Gasteiger partial charge in [-0.1, -0.05) is 0 Å². The molecule has 1 amide bonds. The highest BCUT2D eigenvalue weighted by Gasteiger charge is 2.16. The van der Waals surface area contributed by atoms with Crippen LogP contribution < -0.4 is 10.1 Å². The van der Waals surface area contributed by atoms with Gasteiger partial charge in [0, 0.05) is 42.0 Å². The van der Waals surface area contributed by atoms with Gasteiger partial charge in [0.1, 0.15) is 12.4 Å². The minimum Gasteiger partial charge on any atom is -0.491 e. The van der Waals surface area contributed by atoms with E-state index in [-0.39, 0.29) is 12.0 Å². The van der Waals surface area contributed by atoms with E-state index in [4.69, 9.17) is 9.47 Å². The molecule has 27 heavy (non-hydrogen) atoms. The largest absolute Gasteiger partial charge is 0.491 e. The number of carbonyl (C=O) groups excluding carboxylic acids is 1. The van der Waals surface area contributed by atoms with E-state index in [1.807, 2.05) is 37.4 Å². The Morgan fingerprint density at radius 3 is 2.81 bits per heavy atom. The quantitative estimate of drug-likeness (QED) is 0.734. The van der Waals surface area contributed by atoms with Crippen molar-refractivity contribution in [3.05, 3.63) is 59.8 Å². The number of carbonyl (C=O) groups is 1. The van der Waals surface area contributed by atoms with Crippen LogP contribution in [0.2, 0.25) is 0 Å². The highest BCUT2D eigenvalue weighted by atomic mass is 16.5. The smallest absolute Gasteiger partial charge is 0.255 e. The fraction of sp³-hybridized carbons (Fsp3) is 0.318. The Hall–Kier alpha value is -2.79. The molecule has 3 aromatic rings. The number of benzene rings is 2. The lowest BCUT2D eigenvalue weighted by atomic mass is 10.1. The maximum Gasteiger partial charge on any atom is 0.255 e. The van der Waals surface area contributed by atoms with Gasteiger partial charge in [-0.2, -0.15) is 0 Å². The predicted molar refractivity (Wildman–Crippen MR) is 107 cm³/mol. The number of anilines is 1. The first-order valence-corrected chi connectivity index (χ1v) is 9.31. The molecule has 0 radical (unpaired) electrons. The van der Waals surface area contributed by atoms with Gasteiger partial charge >= 0.3 is 0 Å². The highest BCUT2D eigenvalue weighted by molar-refractivity contribution is 6.05. The van der Waals surface area contributed by atoms with Crippen LogP contribution in [0, 0.1) is 6.92 Å². The Morgan fingerprint density at radius 1 is 1.26 bits per heavy atom. The molecular weight excluding hydrogens is 340 g/mol. The van der Waals surface area contributed by atoms with Crippen LogP contribution in [0.5, 0.6) is 5.75 Å². The van der Waals surface area contributed by atoms with E-state index in [1.54, 1.807) is 12.1 Å². The van der Waals surface area contributed by atoms with Crippen LogP contribution in [0.4, 0.5) is 5.69 Å². The second-order valence-electron chi connectivity index (χ2n) is 7.08. The predicted octanol–water partition coefficient (Wildman–Crippen LogP) is 4.30. The lowest BCUT2D eigenvalue weighted by molar-refractivity contribution is 0.0679. The number of amides is 1. The number of hydrogen-bond acceptors (Lipinski definition) is 3. The molecule has 4 rings (SSSR count). The molecule has 0 aliphatic carbocycles. The molecule has 0 bridgehead atoms. The molecule has 1 N–H and O–H groups in total. The SMILES string of the molecule is Cc1cn(C)c2ccc(NC(=O)c3ccc(OC[C@@H]4CCCO4)cc3)cc12. The summed E-state index contributed by atoms with van der Waals surface area (Å²) in [5, 5.41) is 4.12. The summed E-state index contributed by atoms with van der Waals surface area (Å²) in [5.74, 6) is 0.622. The lowest BCUT2D eigenvalue weighted by Gasteiger charge is -2.12. The second kappa shape index (κ2) is 7.45. The zero-order chi connectivity index (χ0) is 18.8. The van der Waals surface area contributed by atoms with Gasteiger partial charge in [0.2, 0.25) is 0 Å². The molecular formula is C22H24N2O3. The lowest BCUT2D eigenvalue weighted by Crippen LogP contribution is -2.16. The fourth-order valence-corrected chi connectivity index (χ4v) is 3.54. The van der Waals surface area contributed by atoms with Crippen LogP contribution >= 0.6 is 0 Å². The van der Waals surface area contributed by atoms with E-state index in [2.05, 4.69) is 23.0 Å². The molecule has 2 aromatic carbocycles. The van der Waals surface area contributed by atoms with E-state index in [9.17, 15) is 4.79 Å². The van der Waals surface area contributed by atoms with Crippen molar-refractivity contribution in [3.8, 4) is 5.75 Å². The Balaban J connectivity index is 1.41. The molecule has 5 nitrogen and oxygen atoms in total. The van der Waals surface area contributed by atoms with Gasteiger partial charge in [0.25, 0.3) is 5.91 Å². The second-order valence-corrected chi connectivity index (χ2v) is 7.08. The molecule has 0 unspecified atom stereocenters. The van der Waals surface area contributed by atoms with Gasteiger partial charge in [0.15, 0.2) is 0 Å². The maximum atomic E-state index is 12.5. The molecule has 1 aromatic heterocycles. The van der Waals surface area contributed by atoms with Gasteiger partial charge < -0.3 is 19.4 Å². The topological polar surface area (TPSA) is 52.5 Å². The third-order valence-corrected chi connectivity index (χ3v) is 5.02. The number of fused-ring (bicyclic) bond motifs is 1. The van der Waals surface area contributed by atoms with Gasteiger partial charge in [-0.05, 0) is 67.8 Å². The summed E-state index contributed by atoms with van der Waals surface area (Å²) >= 11 is 0. The average molecular weight is 364 g/mol. The first kappa shape index (κ1) is 17.6. The Kier molecular flexibility index (Phi) is 4.86. The zero-order valence-corrected chi connectivity index (χ0v) is 15.7. The molecule has 140 valence electrons. The van der Waals surface area contributed by atoms with Gasteiger partial charge in [0.05, 0.1) is 6.10 Å². The van der Waals surface area contributed by atoms with Crippen molar-refractivity contribution in [2.24, 2.45) is 7.05 Å². The molecule has 1 saturated heterocycles. The Bertz CT molecular complexity index is 954. The summed E-state index contributed by atoms with van der Waals surface area (Å²) in [7, 11) is 2.02. The van der Waals surface area contributed by atoms with Gasteiger partial charge in [-0.25, -0.2) is 0 Å². The van der Waals surface area contributed by atoms with Crippen molar-refractivity contribution in [2.75, 3.05) is 18.5 Å². The Morgan fingerprint density at radius 2 is 2.07 bits per heavy atom. The van der Waals surface area contributed by atoms with Gasteiger partial charge in [-0.3, -0.25) is 4.79 Å². The monoisotopic (exact) mass is 364 g/mol. The van der Waals surface area contributed by atoms with Crippen molar-refractivity contribution in [1.82, 2.24) is 4.57 Å². The molecule has 5 heteroatoms. The number of nitrogens with one attached hydrogen (secondary N) is 1. The molecule has 1 fully saturated rings. The van der Waals surface area contributed by atoms with Crippen LogP contribution in [0.1, 0.15) is 28.8 Å². The molecule has 2 heterocycles. The van der Waals surface area contributed by atoms with Crippen molar-refractivity contribution in [3.63, 3.8) is 0 Å². The summed E-state index contributed by atoms with van der Waals surface area (Å²) in [4.78, 5) is 12.5. The Labute approximate surface area is 158 Å². The number of rotatable bonds is 5. The van der Waals surface area contributed by atoms with Crippen LogP contribution in [0.25, 0.3) is 10.9 Å². The van der Waals surface area contributed by atoms with E-state index in [0.717, 1.165) is 41.8 Å². The molecule has 1 aliphatic rings. The number of aromatic nitrogens is 1. The summed E-state index contributed by atoms with van der Waals surface area (Å²) in [6.45, 7) is 3.45. The minimum absolute atomic E-state index is 0.131. The maximum absolute atomic E-state index is 12.5. The van der Waals surface area contributed by atoms with Crippen LogP contribution in [0.3, 0.4) is 0 Å². The molecule has 1 aliphatic heterocycles. The van der Waals surface area contributed by atoms with Crippen molar-refractivity contribution >= 4 is 22.5 Å². The number of ether oxygens (including phenoxy) is 2. The average Bonchev–Trinajstić information content (AvgIpc) is 3.29. The summed E-state index contributed by atoms with van der Waals surface area (Å²) in [6, 6.07) is 13.2. The summed E-state index contributed by atoms with van der Waals surface area (Å²) < 4.78 is 13.4. The van der Waals surface area contributed by atoms with Crippen LogP contribution in [-0.2, 0) is 11.8 Å². The van der Waals surface area contributed by atoms with Crippen LogP contribution in [-0.4, -0.2) is 29.8 Å². The van der Waals surface area contributed by atoms with Crippen molar-refractivity contribution in [2.45, 2.75) is 25.9 Å². The minimum atomic E-state index is -0.131. The number of nitrogens with zero attached hydrogens (tertiary/aromatic N) is 1.